The van der Waals surface area contributed by atoms with Gasteiger partial charge in [-0.15, -0.1) is 0 Å². The third kappa shape index (κ3) is 1.91. The summed E-state index contributed by atoms with van der Waals surface area (Å²) in [5.74, 6) is 1.15. The SMILES string of the molecule is CCCc1nc(N)nc2ccc(OC)cc12. The number of methoxy groups -OCH3 is 1. The third-order valence-electron chi connectivity index (χ3n) is 2.49. The molecule has 0 radical (unpaired) electrons. The fourth-order valence-corrected chi connectivity index (χ4v) is 1.75. The molecular weight excluding hydrogens is 202 g/mol. The van der Waals surface area contributed by atoms with Gasteiger partial charge in [-0.1, -0.05) is 13.3 Å². The molecule has 0 fully saturated rings. The maximum absolute atomic E-state index is 5.67. The van der Waals surface area contributed by atoms with Gasteiger partial charge in [0.25, 0.3) is 0 Å². The zero-order valence-electron chi connectivity index (χ0n) is 9.53. The van der Waals surface area contributed by atoms with Gasteiger partial charge in [0, 0.05) is 5.39 Å². The average Bonchev–Trinajstić information content (AvgIpc) is 2.29. The fraction of sp³-hybridized carbons (Fsp3) is 0.333. The van der Waals surface area contributed by atoms with Crippen LogP contribution >= 0.6 is 0 Å². The van der Waals surface area contributed by atoms with Crippen molar-refractivity contribution in [3.8, 4) is 5.75 Å². The molecule has 4 heteroatoms. The molecule has 2 rings (SSSR count). The van der Waals surface area contributed by atoms with E-state index in [1.54, 1.807) is 7.11 Å². The molecule has 2 aromatic rings. The molecule has 84 valence electrons. The summed E-state index contributed by atoms with van der Waals surface area (Å²) in [6.45, 7) is 2.12. The lowest BCUT2D eigenvalue weighted by Crippen LogP contribution is -2.01. The van der Waals surface area contributed by atoms with Gasteiger partial charge in [0.1, 0.15) is 5.75 Å². The Kier molecular flexibility index (Phi) is 2.90. The van der Waals surface area contributed by atoms with E-state index < -0.39 is 0 Å². The van der Waals surface area contributed by atoms with Crippen molar-refractivity contribution in [1.29, 1.82) is 0 Å². The molecule has 1 aromatic carbocycles. The van der Waals surface area contributed by atoms with Crippen LogP contribution in [0, 0.1) is 0 Å². The van der Waals surface area contributed by atoms with E-state index >= 15 is 0 Å². The van der Waals surface area contributed by atoms with Gasteiger partial charge >= 0.3 is 0 Å². The number of aromatic nitrogens is 2. The number of nitrogen functional groups attached to an aromatic ring is 1. The molecule has 0 atom stereocenters. The first kappa shape index (κ1) is 10.7. The first-order valence-corrected chi connectivity index (χ1v) is 5.34. The maximum Gasteiger partial charge on any atom is 0.220 e. The summed E-state index contributed by atoms with van der Waals surface area (Å²) < 4.78 is 5.20. The number of nitrogens with two attached hydrogens (primary N) is 1. The van der Waals surface area contributed by atoms with Crippen LogP contribution in [0.5, 0.6) is 5.75 Å². The van der Waals surface area contributed by atoms with Crippen LogP contribution in [0.25, 0.3) is 10.9 Å². The first-order valence-electron chi connectivity index (χ1n) is 5.34. The normalized spacial score (nSPS) is 10.6. The van der Waals surface area contributed by atoms with E-state index in [0.717, 1.165) is 35.2 Å². The number of fused-ring (bicyclic) bond motifs is 1. The quantitative estimate of drug-likeness (QED) is 0.855. The van der Waals surface area contributed by atoms with Crippen LogP contribution in [-0.4, -0.2) is 17.1 Å². The van der Waals surface area contributed by atoms with Crippen molar-refractivity contribution in [2.24, 2.45) is 0 Å². The Morgan fingerprint density at radius 3 is 2.81 bits per heavy atom. The predicted molar refractivity (Wildman–Crippen MR) is 64.5 cm³/mol. The third-order valence-corrected chi connectivity index (χ3v) is 2.49. The minimum Gasteiger partial charge on any atom is -0.497 e. The summed E-state index contributed by atoms with van der Waals surface area (Å²) in [4.78, 5) is 8.48. The van der Waals surface area contributed by atoms with Gasteiger partial charge in [0.2, 0.25) is 5.95 Å². The number of benzene rings is 1. The van der Waals surface area contributed by atoms with E-state index in [2.05, 4.69) is 16.9 Å². The predicted octanol–water partition coefficient (Wildman–Crippen LogP) is 2.17. The summed E-state index contributed by atoms with van der Waals surface area (Å²) in [6.07, 6.45) is 1.93. The molecule has 16 heavy (non-hydrogen) atoms. The van der Waals surface area contributed by atoms with Crippen molar-refractivity contribution < 1.29 is 4.74 Å². The number of rotatable bonds is 3. The summed E-state index contributed by atoms with van der Waals surface area (Å²) in [6, 6.07) is 5.75. The number of aryl methyl sites for hydroxylation is 1. The summed E-state index contributed by atoms with van der Waals surface area (Å²) in [5, 5.41) is 1.02. The van der Waals surface area contributed by atoms with E-state index in [0.29, 0.717) is 5.95 Å². The molecule has 1 heterocycles. The highest BCUT2D eigenvalue weighted by Gasteiger charge is 2.06. The molecule has 0 aliphatic rings. The van der Waals surface area contributed by atoms with Crippen LogP contribution in [0.15, 0.2) is 18.2 Å². The highest BCUT2D eigenvalue weighted by atomic mass is 16.5. The molecule has 0 spiro atoms. The average molecular weight is 217 g/mol. The number of ether oxygens (including phenoxy) is 1. The van der Waals surface area contributed by atoms with E-state index in [-0.39, 0.29) is 0 Å². The Morgan fingerprint density at radius 2 is 2.12 bits per heavy atom. The lowest BCUT2D eigenvalue weighted by atomic mass is 10.1. The summed E-state index contributed by atoms with van der Waals surface area (Å²) >= 11 is 0. The number of hydrogen-bond acceptors (Lipinski definition) is 4. The molecule has 4 nitrogen and oxygen atoms in total. The van der Waals surface area contributed by atoms with Gasteiger partial charge in [-0.2, -0.15) is 0 Å². The van der Waals surface area contributed by atoms with Gasteiger partial charge in [-0.3, -0.25) is 0 Å². The Labute approximate surface area is 94.5 Å². The largest absolute Gasteiger partial charge is 0.497 e. The van der Waals surface area contributed by atoms with Crippen LogP contribution in [0.1, 0.15) is 19.0 Å². The van der Waals surface area contributed by atoms with Crippen molar-refractivity contribution in [3.05, 3.63) is 23.9 Å². The van der Waals surface area contributed by atoms with Crippen LogP contribution < -0.4 is 10.5 Å². The molecular formula is C12H15N3O. The highest BCUT2D eigenvalue weighted by molar-refractivity contribution is 5.83. The minimum absolute atomic E-state index is 0.334. The Hall–Kier alpha value is -1.84. The molecule has 0 bridgehead atoms. The second-order valence-corrected chi connectivity index (χ2v) is 3.66. The summed E-state index contributed by atoms with van der Waals surface area (Å²) in [5.41, 5.74) is 7.53. The van der Waals surface area contributed by atoms with E-state index in [1.807, 2.05) is 18.2 Å². The molecule has 0 saturated heterocycles. The van der Waals surface area contributed by atoms with Gasteiger partial charge < -0.3 is 10.5 Å². The molecule has 1 aromatic heterocycles. The van der Waals surface area contributed by atoms with Crippen molar-refractivity contribution in [1.82, 2.24) is 9.97 Å². The number of hydrogen-bond donors (Lipinski definition) is 1. The Balaban J connectivity index is 2.65. The maximum atomic E-state index is 5.67. The van der Waals surface area contributed by atoms with Crippen LogP contribution in [-0.2, 0) is 6.42 Å². The van der Waals surface area contributed by atoms with Crippen molar-refractivity contribution in [3.63, 3.8) is 0 Å². The minimum atomic E-state index is 0.334. The van der Waals surface area contributed by atoms with Crippen molar-refractivity contribution >= 4 is 16.9 Å². The van der Waals surface area contributed by atoms with Gasteiger partial charge in [-0.05, 0) is 24.6 Å². The molecule has 0 amide bonds. The van der Waals surface area contributed by atoms with E-state index in [1.165, 1.54) is 0 Å². The van der Waals surface area contributed by atoms with Crippen LogP contribution in [0.3, 0.4) is 0 Å². The monoisotopic (exact) mass is 217 g/mol. The molecule has 0 saturated carbocycles. The van der Waals surface area contributed by atoms with E-state index in [4.69, 9.17) is 10.5 Å². The van der Waals surface area contributed by atoms with Gasteiger partial charge in [0.05, 0.1) is 18.3 Å². The number of anilines is 1. The Morgan fingerprint density at radius 1 is 1.31 bits per heavy atom. The molecule has 0 aliphatic heterocycles. The molecule has 0 aliphatic carbocycles. The lowest BCUT2D eigenvalue weighted by molar-refractivity contribution is 0.415. The number of nitrogens with zero attached hydrogens (tertiary/aromatic N) is 2. The van der Waals surface area contributed by atoms with Gasteiger partial charge in [-0.25, -0.2) is 9.97 Å². The molecule has 2 N–H and O–H groups in total. The van der Waals surface area contributed by atoms with Crippen molar-refractivity contribution in [2.45, 2.75) is 19.8 Å². The Bertz CT molecular complexity index is 511. The smallest absolute Gasteiger partial charge is 0.220 e. The zero-order valence-corrected chi connectivity index (χ0v) is 9.53. The fourth-order valence-electron chi connectivity index (χ4n) is 1.75. The standard InChI is InChI=1S/C12H15N3O/c1-3-4-10-9-7-8(16-2)5-6-11(9)15-12(13)14-10/h5-7H,3-4H2,1-2H3,(H2,13,14,15). The molecule has 0 unspecified atom stereocenters. The highest BCUT2D eigenvalue weighted by Crippen LogP contribution is 2.23. The van der Waals surface area contributed by atoms with Crippen LogP contribution in [0.4, 0.5) is 5.95 Å². The van der Waals surface area contributed by atoms with Gasteiger partial charge in [0.15, 0.2) is 0 Å². The first-order chi connectivity index (χ1) is 7.74. The second-order valence-electron chi connectivity index (χ2n) is 3.66. The van der Waals surface area contributed by atoms with Crippen molar-refractivity contribution in [2.75, 3.05) is 12.8 Å². The van der Waals surface area contributed by atoms with E-state index in [9.17, 15) is 0 Å². The second kappa shape index (κ2) is 4.35. The zero-order chi connectivity index (χ0) is 11.5. The lowest BCUT2D eigenvalue weighted by Gasteiger charge is -2.07. The topological polar surface area (TPSA) is 61.0 Å². The van der Waals surface area contributed by atoms with Crippen LogP contribution in [0.2, 0.25) is 0 Å². The summed E-state index contributed by atoms with van der Waals surface area (Å²) in [7, 11) is 1.65.